The van der Waals surface area contributed by atoms with Gasteiger partial charge in [-0.2, -0.15) is 0 Å². The van der Waals surface area contributed by atoms with Gasteiger partial charge in [0, 0.05) is 31.7 Å². The zero-order chi connectivity index (χ0) is 32.4. The molecule has 3 aromatic rings. The maximum absolute atomic E-state index is 10.9. The molecule has 0 spiro atoms. The van der Waals surface area contributed by atoms with E-state index in [4.69, 9.17) is 14.6 Å². The number of nitrogens with zero attached hydrogens (tertiary/aromatic N) is 1. The fraction of sp³-hybridized carbons (Fsp3) is 0.538. The Kier molecular flexibility index (Phi) is 12.8. The third-order valence-electron chi connectivity index (χ3n) is 9.14. The van der Waals surface area contributed by atoms with E-state index in [2.05, 4.69) is 88.2 Å². The van der Waals surface area contributed by atoms with Gasteiger partial charge in [-0.05, 0) is 110 Å². The molecule has 1 atom stereocenters. The number of fused-ring (bicyclic) bond motifs is 1. The van der Waals surface area contributed by atoms with Gasteiger partial charge in [0.05, 0.1) is 13.2 Å². The van der Waals surface area contributed by atoms with Crippen molar-refractivity contribution in [3.8, 4) is 28.4 Å². The number of ether oxygens (including phenoxy) is 2. The first-order valence-electron chi connectivity index (χ1n) is 17.2. The minimum Gasteiger partial charge on any atom is -0.504 e. The summed E-state index contributed by atoms with van der Waals surface area (Å²) < 4.78 is 12.8. The zero-order valence-corrected chi connectivity index (χ0v) is 28.5. The molecule has 1 heterocycles. The van der Waals surface area contributed by atoms with E-state index in [1.54, 1.807) is 0 Å². The largest absolute Gasteiger partial charge is 0.504 e. The molecule has 0 aromatic heterocycles. The highest BCUT2D eigenvalue weighted by atomic mass is 16.5. The Labute approximate surface area is 271 Å². The van der Waals surface area contributed by atoms with E-state index in [1.165, 1.54) is 52.8 Å². The molecular formula is C39H56N2O4. The maximum Gasteiger partial charge on any atom is 0.162 e. The first-order valence-corrected chi connectivity index (χ1v) is 17.2. The fourth-order valence-corrected chi connectivity index (χ4v) is 6.49. The van der Waals surface area contributed by atoms with Crippen LogP contribution < -0.4 is 14.8 Å². The molecule has 246 valence electrons. The lowest BCUT2D eigenvalue weighted by Crippen LogP contribution is -2.55. The number of phenolic OH excluding ortho intramolecular Hbond substituents is 1. The minimum atomic E-state index is -0.107. The number of rotatable bonds is 14. The van der Waals surface area contributed by atoms with E-state index in [-0.39, 0.29) is 18.5 Å². The highest BCUT2D eigenvalue weighted by molar-refractivity contribution is 5.74. The predicted molar refractivity (Wildman–Crippen MR) is 186 cm³/mol. The van der Waals surface area contributed by atoms with Gasteiger partial charge in [-0.3, -0.25) is 4.90 Å². The van der Waals surface area contributed by atoms with Crippen LogP contribution in [-0.4, -0.2) is 53.5 Å². The van der Waals surface area contributed by atoms with Gasteiger partial charge >= 0.3 is 0 Å². The van der Waals surface area contributed by atoms with Crippen LogP contribution in [0.3, 0.4) is 0 Å². The van der Waals surface area contributed by atoms with Crippen LogP contribution in [-0.2, 0) is 19.4 Å². The second-order valence-corrected chi connectivity index (χ2v) is 13.1. The molecule has 0 saturated carbocycles. The van der Waals surface area contributed by atoms with Crippen molar-refractivity contribution in [1.29, 1.82) is 0 Å². The van der Waals surface area contributed by atoms with Crippen molar-refractivity contribution in [2.24, 2.45) is 0 Å². The molecule has 2 aliphatic rings. The summed E-state index contributed by atoms with van der Waals surface area (Å²) >= 11 is 0. The first kappa shape index (κ1) is 34.8. The molecule has 1 aliphatic carbocycles. The van der Waals surface area contributed by atoms with Gasteiger partial charge in [0.2, 0.25) is 0 Å². The molecule has 0 unspecified atom stereocenters. The maximum atomic E-state index is 10.9. The Bertz CT molecular complexity index is 1390. The van der Waals surface area contributed by atoms with Crippen molar-refractivity contribution < 1.29 is 19.7 Å². The van der Waals surface area contributed by atoms with E-state index >= 15 is 0 Å². The molecule has 1 fully saturated rings. The van der Waals surface area contributed by atoms with Gasteiger partial charge in [0.15, 0.2) is 11.5 Å². The number of aliphatic hydroxyl groups is 1. The molecule has 0 radical (unpaired) electrons. The quantitative estimate of drug-likeness (QED) is 0.159. The highest BCUT2D eigenvalue weighted by Gasteiger charge is 2.34. The summed E-state index contributed by atoms with van der Waals surface area (Å²) in [6.07, 6.45) is 7.16. The van der Waals surface area contributed by atoms with E-state index in [0.29, 0.717) is 24.4 Å². The van der Waals surface area contributed by atoms with E-state index < -0.39 is 0 Å². The first-order chi connectivity index (χ1) is 21.7. The Balaban J connectivity index is 0.00000148. The fourth-order valence-electron chi connectivity index (χ4n) is 6.49. The summed E-state index contributed by atoms with van der Waals surface area (Å²) in [4.78, 5) is 2.54. The topological polar surface area (TPSA) is 74.2 Å². The lowest BCUT2D eigenvalue weighted by atomic mass is 9.89. The molecule has 6 nitrogen and oxygen atoms in total. The van der Waals surface area contributed by atoms with Gasteiger partial charge in [0.1, 0.15) is 11.9 Å². The normalized spacial score (nSPS) is 16.8. The lowest BCUT2D eigenvalue weighted by Gasteiger charge is -2.48. The SMILES string of the molecule is CCC.CCCc1cc(O[C@H]2CCc3c(-c4cccc(OCCCN5CCC5(C)C)c4C)cccc32)c(O)cc1CNCCO. The third-order valence-corrected chi connectivity index (χ3v) is 9.14. The van der Waals surface area contributed by atoms with E-state index in [1.807, 2.05) is 12.1 Å². The second-order valence-electron chi connectivity index (χ2n) is 13.1. The van der Waals surface area contributed by atoms with E-state index in [9.17, 15) is 5.11 Å². The molecule has 5 rings (SSSR count). The Morgan fingerprint density at radius 3 is 2.44 bits per heavy atom. The van der Waals surface area contributed by atoms with Gasteiger partial charge in [0.25, 0.3) is 0 Å². The van der Waals surface area contributed by atoms with Crippen molar-refractivity contribution in [3.63, 3.8) is 0 Å². The van der Waals surface area contributed by atoms with Crippen LogP contribution in [0.25, 0.3) is 11.1 Å². The predicted octanol–water partition coefficient (Wildman–Crippen LogP) is 8.14. The summed E-state index contributed by atoms with van der Waals surface area (Å²) in [5.41, 5.74) is 8.69. The summed E-state index contributed by atoms with van der Waals surface area (Å²) in [6.45, 7) is 17.4. The van der Waals surface area contributed by atoms with Crippen molar-refractivity contribution in [2.45, 2.75) is 105 Å². The Morgan fingerprint density at radius 2 is 1.76 bits per heavy atom. The molecule has 3 aromatic carbocycles. The second kappa shape index (κ2) is 16.5. The number of phenols is 1. The van der Waals surface area contributed by atoms with E-state index in [0.717, 1.165) is 56.6 Å². The molecule has 3 N–H and O–H groups in total. The van der Waals surface area contributed by atoms with Crippen LogP contribution in [0.2, 0.25) is 0 Å². The summed E-state index contributed by atoms with van der Waals surface area (Å²) in [5, 5.41) is 23.2. The third kappa shape index (κ3) is 8.60. The number of hydrogen-bond acceptors (Lipinski definition) is 6. The Hall–Kier alpha value is -3.06. The van der Waals surface area contributed by atoms with Gasteiger partial charge < -0.3 is 25.0 Å². The molecule has 0 amide bonds. The van der Waals surface area contributed by atoms with Gasteiger partial charge in [-0.25, -0.2) is 0 Å². The summed E-state index contributed by atoms with van der Waals surface area (Å²) in [5.74, 6) is 1.67. The minimum absolute atomic E-state index is 0.0910. The zero-order valence-electron chi connectivity index (χ0n) is 28.5. The smallest absolute Gasteiger partial charge is 0.162 e. The van der Waals surface area contributed by atoms with Crippen LogP contribution in [0.5, 0.6) is 17.2 Å². The van der Waals surface area contributed by atoms with Crippen LogP contribution >= 0.6 is 0 Å². The monoisotopic (exact) mass is 616 g/mol. The summed E-state index contributed by atoms with van der Waals surface area (Å²) in [6, 6.07) is 16.7. The summed E-state index contributed by atoms with van der Waals surface area (Å²) in [7, 11) is 0. The Morgan fingerprint density at radius 1 is 1.00 bits per heavy atom. The molecule has 1 aliphatic heterocycles. The van der Waals surface area contributed by atoms with Crippen molar-refractivity contribution in [2.75, 3.05) is 32.8 Å². The standard InChI is InChI=1S/C36H48N2O4.C3H8/c1-5-9-26-23-35(32(40)22-27(26)24-37-17-20-39)42-34-15-14-30-29(11-6-12-31(30)34)28-10-7-13-33(25(28)2)41-21-8-18-38-19-16-36(38,3)4;1-3-2/h6-7,10-13,22-23,34,37,39-40H,5,8-9,14-21,24H2,1-4H3;3H2,1-2H3/t34-;/m0./s1. The van der Waals surface area contributed by atoms with Gasteiger partial charge in [-0.1, -0.05) is 63.9 Å². The number of aromatic hydroxyl groups is 1. The number of aliphatic hydroxyl groups excluding tert-OH is 1. The number of aryl methyl sites for hydroxylation is 1. The van der Waals surface area contributed by atoms with Crippen LogP contribution in [0.4, 0.5) is 0 Å². The lowest BCUT2D eigenvalue weighted by molar-refractivity contribution is 0.0123. The molecule has 6 heteroatoms. The molecule has 1 saturated heterocycles. The van der Waals surface area contributed by atoms with Crippen LogP contribution in [0.1, 0.15) is 101 Å². The van der Waals surface area contributed by atoms with Crippen molar-refractivity contribution in [3.05, 3.63) is 76.3 Å². The van der Waals surface area contributed by atoms with Gasteiger partial charge in [-0.15, -0.1) is 0 Å². The average molecular weight is 617 g/mol. The van der Waals surface area contributed by atoms with Crippen molar-refractivity contribution >= 4 is 0 Å². The number of likely N-dealkylation sites (tertiary alicyclic amines) is 1. The number of benzene rings is 3. The number of nitrogens with one attached hydrogen (secondary N) is 1. The number of hydrogen-bond donors (Lipinski definition) is 3. The molecule has 45 heavy (non-hydrogen) atoms. The van der Waals surface area contributed by atoms with Crippen LogP contribution in [0, 0.1) is 6.92 Å². The highest BCUT2D eigenvalue weighted by Crippen LogP contribution is 2.43. The van der Waals surface area contributed by atoms with Crippen LogP contribution in [0.15, 0.2) is 48.5 Å². The molecular weight excluding hydrogens is 560 g/mol. The average Bonchev–Trinajstić information content (AvgIpc) is 3.43. The van der Waals surface area contributed by atoms with Crippen molar-refractivity contribution in [1.82, 2.24) is 10.2 Å². The molecule has 0 bridgehead atoms.